The molecule has 0 radical (unpaired) electrons. The minimum absolute atomic E-state index is 0.0623. The number of aromatic nitrogens is 4. The standard InChI is InChI=1S/C31H30BrN5O6/c1-41-21-15-13-20(14-16-21)31(18-9-5-3-6-10-18,19-11-7-4-8-12-19)36-30-34-26-23(27(40)35-30)33-29(32)37(26)28-25(42-2)24(39)22(17-38)43-28/h3-16,22,24-25,28,38-39H,17H2,1-2H3,(H2,34,35,36,40)/t22-,24-,25-,28-/m1/s1. The first-order valence-corrected chi connectivity index (χ1v) is 14.4. The van der Waals surface area contributed by atoms with Crippen molar-refractivity contribution in [1.82, 2.24) is 19.5 Å². The van der Waals surface area contributed by atoms with Crippen LogP contribution < -0.4 is 15.6 Å². The Morgan fingerprint density at radius 3 is 2.14 bits per heavy atom. The van der Waals surface area contributed by atoms with Crippen LogP contribution in [-0.4, -0.2) is 68.9 Å². The van der Waals surface area contributed by atoms with E-state index in [1.54, 1.807) is 11.7 Å². The van der Waals surface area contributed by atoms with Crippen molar-refractivity contribution in [2.45, 2.75) is 30.1 Å². The highest BCUT2D eigenvalue weighted by molar-refractivity contribution is 9.10. The number of hydrogen-bond donors (Lipinski definition) is 4. The first kappa shape index (κ1) is 29.0. The lowest BCUT2D eigenvalue weighted by molar-refractivity contribution is -0.0594. The second kappa shape index (κ2) is 11.9. The Balaban J connectivity index is 1.56. The van der Waals surface area contributed by atoms with Gasteiger partial charge in [-0.2, -0.15) is 4.98 Å². The number of methoxy groups -OCH3 is 2. The Morgan fingerprint density at radius 2 is 1.58 bits per heavy atom. The molecule has 3 heterocycles. The van der Waals surface area contributed by atoms with Gasteiger partial charge >= 0.3 is 0 Å². The van der Waals surface area contributed by atoms with E-state index in [0.717, 1.165) is 16.7 Å². The van der Waals surface area contributed by atoms with Crippen molar-refractivity contribution in [3.63, 3.8) is 0 Å². The van der Waals surface area contributed by atoms with Gasteiger partial charge in [0.15, 0.2) is 22.1 Å². The van der Waals surface area contributed by atoms with E-state index in [0.29, 0.717) is 5.75 Å². The summed E-state index contributed by atoms with van der Waals surface area (Å²) < 4.78 is 18.7. The summed E-state index contributed by atoms with van der Waals surface area (Å²) in [6.45, 7) is -0.416. The van der Waals surface area contributed by atoms with Crippen molar-refractivity contribution in [2.75, 3.05) is 26.1 Å². The van der Waals surface area contributed by atoms with Crippen LogP contribution in [0.25, 0.3) is 11.2 Å². The number of halogens is 1. The van der Waals surface area contributed by atoms with Crippen LogP contribution >= 0.6 is 15.9 Å². The van der Waals surface area contributed by atoms with Crippen molar-refractivity contribution in [3.05, 3.63) is 117 Å². The maximum atomic E-state index is 13.5. The van der Waals surface area contributed by atoms with Gasteiger partial charge in [0.1, 0.15) is 29.6 Å². The third-order valence-corrected chi connectivity index (χ3v) is 8.33. The van der Waals surface area contributed by atoms with Crippen LogP contribution in [0.4, 0.5) is 5.95 Å². The number of nitrogens with zero attached hydrogens (tertiary/aromatic N) is 3. The molecular weight excluding hydrogens is 618 g/mol. The lowest BCUT2D eigenvalue weighted by atomic mass is 9.77. The van der Waals surface area contributed by atoms with E-state index >= 15 is 0 Å². The third kappa shape index (κ3) is 5.00. The molecule has 1 fully saturated rings. The van der Waals surface area contributed by atoms with Crippen LogP contribution in [0.5, 0.6) is 5.75 Å². The second-order valence-electron chi connectivity index (χ2n) is 10.1. The van der Waals surface area contributed by atoms with E-state index in [1.165, 1.54) is 7.11 Å². The Morgan fingerprint density at radius 1 is 0.977 bits per heavy atom. The number of aromatic amines is 1. The molecule has 4 N–H and O–H groups in total. The number of hydrogen-bond acceptors (Lipinski definition) is 9. The van der Waals surface area contributed by atoms with E-state index in [2.05, 4.69) is 31.2 Å². The monoisotopic (exact) mass is 647 g/mol. The zero-order valence-corrected chi connectivity index (χ0v) is 24.9. The highest BCUT2D eigenvalue weighted by Crippen LogP contribution is 2.41. The molecule has 0 amide bonds. The summed E-state index contributed by atoms with van der Waals surface area (Å²) in [5, 5.41) is 24.0. The predicted molar refractivity (Wildman–Crippen MR) is 163 cm³/mol. The number of H-pyrrole nitrogens is 1. The minimum Gasteiger partial charge on any atom is -0.497 e. The maximum absolute atomic E-state index is 13.5. The second-order valence-corrected chi connectivity index (χ2v) is 10.8. The number of ether oxygens (including phenoxy) is 3. The number of rotatable bonds is 9. The van der Waals surface area contributed by atoms with Crippen molar-refractivity contribution in [2.24, 2.45) is 0 Å². The molecule has 0 spiro atoms. The molecule has 1 saturated heterocycles. The molecule has 0 saturated carbocycles. The molecule has 0 aliphatic carbocycles. The fraction of sp³-hybridized carbons (Fsp3) is 0.258. The van der Waals surface area contributed by atoms with Crippen LogP contribution in [0, 0.1) is 0 Å². The lowest BCUT2D eigenvalue weighted by Gasteiger charge is -2.37. The Kier molecular flexibility index (Phi) is 8.03. The van der Waals surface area contributed by atoms with Gasteiger partial charge in [0, 0.05) is 7.11 Å². The molecule has 11 nitrogen and oxygen atoms in total. The van der Waals surface area contributed by atoms with E-state index < -0.39 is 42.2 Å². The first-order valence-electron chi connectivity index (χ1n) is 13.6. The third-order valence-electron chi connectivity index (χ3n) is 7.77. The van der Waals surface area contributed by atoms with Crippen molar-refractivity contribution in [1.29, 1.82) is 0 Å². The van der Waals surface area contributed by atoms with Crippen LogP contribution in [-0.2, 0) is 15.0 Å². The number of benzene rings is 3. The largest absolute Gasteiger partial charge is 0.497 e. The van der Waals surface area contributed by atoms with Gasteiger partial charge < -0.3 is 29.7 Å². The molecule has 222 valence electrons. The van der Waals surface area contributed by atoms with Gasteiger partial charge in [-0.25, -0.2) is 4.98 Å². The van der Waals surface area contributed by atoms with Gasteiger partial charge in [0.05, 0.1) is 13.7 Å². The smallest absolute Gasteiger partial charge is 0.280 e. The number of imidazole rings is 1. The number of aliphatic hydroxyl groups excluding tert-OH is 2. The number of aliphatic hydroxyl groups is 2. The van der Waals surface area contributed by atoms with Crippen LogP contribution in [0.15, 0.2) is 94.5 Å². The van der Waals surface area contributed by atoms with Gasteiger partial charge in [0.25, 0.3) is 5.56 Å². The molecule has 1 aliphatic rings. The highest BCUT2D eigenvalue weighted by atomic mass is 79.9. The Bertz CT molecular complexity index is 1720. The van der Waals surface area contributed by atoms with Gasteiger partial charge in [-0.05, 0) is 44.8 Å². The first-order chi connectivity index (χ1) is 20.9. The number of fused-ring (bicyclic) bond motifs is 1. The summed E-state index contributed by atoms with van der Waals surface area (Å²) in [4.78, 5) is 25.6. The number of anilines is 1. The maximum Gasteiger partial charge on any atom is 0.280 e. The zero-order valence-electron chi connectivity index (χ0n) is 23.3. The molecule has 12 heteroatoms. The van der Waals surface area contributed by atoms with Gasteiger partial charge in [-0.15, -0.1) is 0 Å². The molecule has 5 aromatic rings. The van der Waals surface area contributed by atoms with E-state index in [-0.39, 0.29) is 21.8 Å². The average molecular weight is 649 g/mol. The average Bonchev–Trinajstić information content (AvgIpc) is 3.55. The molecular formula is C31H30BrN5O6. The molecule has 43 heavy (non-hydrogen) atoms. The van der Waals surface area contributed by atoms with Gasteiger partial charge in [-0.3, -0.25) is 14.3 Å². The van der Waals surface area contributed by atoms with Crippen molar-refractivity contribution in [3.8, 4) is 5.75 Å². The fourth-order valence-corrected chi connectivity index (χ4v) is 6.23. The molecule has 1 aliphatic heterocycles. The summed E-state index contributed by atoms with van der Waals surface area (Å²) in [6, 6.07) is 27.4. The molecule has 2 aromatic heterocycles. The van der Waals surface area contributed by atoms with Crippen LogP contribution in [0.2, 0.25) is 0 Å². The lowest BCUT2D eigenvalue weighted by Crippen LogP contribution is -2.39. The molecule has 0 unspecified atom stereocenters. The molecule has 6 rings (SSSR count). The topological polar surface area (TPSA) is 144 Å². The van der Waals surface area contributed by atoms with Crippen LogP contribution in [0.3, 0.4) is 0 Å². The van der Waals surface area contributed by atoms with Crippen molar-refractivity contribution < 1.29 is 24.4 Å². The summed E-state index contributed by atoms with van der Waals surface area (Å²) in [5.41, 5.74) is 1.44. The molecule has 0 bridgehead atoms. The van der Waals surface area contributed by atoms with Crippen LogP contribution in [0.1, 0.15) is 22.9 Å². The quantitative estimate of drug-likeness (QED) is 0.139. The Hall–Kier alpha value is -4.07. The number of nitrogens with one attached hydrogen (secondary N) is 2. The summed E-state index contributed by atoms with van der Waals surface area (Å²) in [5.74, 6) is 0.869. The van der Waals surface area contributed by atoms with Gasteiger partial charge in [0.2, 0.25) is 5.95 Å². The minimum atomic E-state index is -1.11. The van der Waals surface area contributed by atoms with E-state index in [9.17, 15) is 15.0 Å². The highest BCUT2D eigenvalue weighted by Gasteiger charge is 2.46. The Labute approximate surface area is 255 Å². The van der Waals surface area contributed by atoms with Crippen molar-refractivity contribution >= 4 is 33.0 Å². The van der Waals surface area contributed by atoms with Gasteiger partial charge in [-0.1, -0.05) is 72.8 Å². The normalized spacial score (nSPS) is 20.4. The fourth-order valence-electron chi connectivity index (χ4n) is 5.69. The summed E-state index contributed by atoms with van der Waals surface area (Å²) in [7, 11) is 3.05. The SMILES string of the molecule is COc1ccc(C(Nc2nc3c(nc(Br)n3[C@@H]3O[C@H](CO)[C@@H](O)[C@H]3OC)c(=O)[nH]2)(c2ccccc2)c2ccccc2)cc1. The van der Waals surface area contributed by atoms with E-state index in [1.807, 2.05) is 84.9 Å². The van der Waals surface area contributed by atoms with E-state index in [4.69, 9.17) is 19.2 Å². The predicted octanol–water partition coefficient (Wildman–Crippen LogP) is 3.56. The zero-order chi connectivity index (χ0) is 30.1. The summed E-state index contributed by atoms with van der Waals surface area (Å²) in [6.07, 6.45) is -3.77. The molecule has 3 aromatic carbocycles. The molecule has 4 atom stereocenters. The summed E-state index contributed by atoms with van der Waals surface area (Å²) >= 11 is 3.43.